The van der Waals surface area contributed by atoms with Gasteiger partial charge in [-0.25, -0.2) is 9.97 Å². The zero-order chi connectivity index (χ0) is 22.5. The average molecular weight is 440 g/mol. The Bertz CT molecular complexity index is 1100. The highest BCUT2D eigenvalue weighted by Gasteiger charge is 2.18. The summed E-state index contributed by atoms with van der Waals surface area (Å²) in [7, 11) is 0. The van der Waals surface area contributed by atoms with E-state index in [9.17, 15) is 4.79 Å². The van der Waals surface area contributed by atoms with Crippen molar-refractivity contribution in [3.05, 3.63) is 34.1 Å². The number of anilines is 1. The van der Waals surface area contributed by atoms with E-state index >= 15 is 0 Å². The molecule has 1 N–H and O–H groups in total. The van der Waals surface area contributed by atoms with E-state index in [4.69, 9.17) is 9.26 Å². The molecule has 0 unspecified atom stereocenters. The van der Waals surface area contributed by atoms with Crippen LogP contribution in [-0.2, 0) is 11.3 Å². The average Bonchev–Trinajstić information content (AvgIpc) is 3.15. The van der Waals surface area contributed by atoms with E-state index in [1.54, 1.807) is 10.8 Å². The lowest BCUT2D eigenvalue weighted by molar-refractivity contribution is 0.127. The topological polar surface area (TPSA) is 95.1 Å². The fourth-order valence-electron chi connectivity index (χ4n) is 4.53. The molecule has 0 saturated heterocycles. The van der Waals surface area contributed by atoms with Crippen molar-refractivity contribution < 1.29 is 9.26 Å². The molecule has 8 heteroatoms. The van der Waals surface area contributed by atoms with Crippen molar-refractivity contribution in [2.24, 2.45) is 5.92 Å². The SMILES string of the molecule is CCCOCCn1c(=O)c(NCC2CCCCC2)nc2ncc(-c3c(C)noc3C)cc21. The summed E-state index contributed by atoms with van der Waals surface area (Å²) in [5.41, 5.74) is 3.66. The fraction of sp³-hybridized carbons (Fsp3) is 0.583. The van der Waals surface area contributed by atoms with Gasteiger partial charge in [0.05, 0.1) is 17.8 Å². The maximum absolute atomic E-state index is 13.4. The van der Waals surface area contributed by atoms with Gasteiger partial charge in [-0.1, -0.05) is 31.3 Å². The van der Waals surface area contributed by atoms with Crippen LogP contribution in [0.2, 0.25) is 0 Å². The predicted molar refractivity (Wildman–Crippen MR) is 125 cm³/mol. The van der Waals surface area contributed by atoms with Crippen LogP contribution in [0.15, 0.2) is 21.6 Å². The van der Waals surface area contributed by atoms with E-state index < -0.39 is 0 Å². The summed E-state index contributed by atoms with van der Waals surface area (Å²) in [6.45, 7) is 8.21. The van der Waals surface area contributed by atoms with Crippen LogP contribution in [0.5, 0.6) is 0 Å². The Hall–Kier alpha value is -2.74. The second-order valence-corrected chi connectivity index (χ2v) is 8.68. The van der Waals surface area contributed by atoms with E-state index in [0.29, 0.717) is 42.7 Å². The Labute approximate surface area is 188 Å². The van der Waals surface area contributed by atoms with Crippen LogP contribution in [0, 0.1) is 19.8 Å². The smallest absolute Gasteiger partial charge is 0.293 e. The third-order valence-electron chi connectivity index (χ3n) is 6.22. The number of nitrogens with one attached hydrogen (secondary N) is 1. The van der Waals surface area contributed by atoms with Gasteiger partial charge in [0.15, 0.2) is 11.5 Å². The highest BCUT2D eigenvalue weighted by atomic mass is 16.5. The third kappa shape index (κ3) is 4.85. The number of aromatic nitrogens is 4. The van der Waals surface area contributed by atoms with Gasteiger partial charge in [0, 0.05) is 37.0 Å². The molecule has 1 fully saturated rings. The first-order chi connectivity index (χ1) is 15.6. The van der Waals surface area contributed by atoms with Gasteiger partial charge < -0.3 is 14.6 Å². The summed E-state index contributed by atoms with van der Waals surface area (Å²) in [5, 5.41) is 7.38. The van der Waals surface area contributed by atoms with Crippen molar-refractivity contribution in [3.8, 4) is 11.1 Å². The van der Waals surface area contributed by atoms with E-state index in [2.05, 4.69) is 27.4 Å². The predicted octanol–water partition coefficient (Wildman–Crippen LogP) is 4.48. The summed E-state index contributed by atoms with van der Waals surface area (Å²) in [4.78, 5) is 22.6. The Balaban J connectivity index is 1.70. The molecule has 32 heavy (non-hydrogen) atoms. The molecule has 8 nitrogen and oxygen atoms in total. The standard InChI is InChI=1S/C24H33N5O3/c1-4-11-31-12-10-29-20-13-19(21-16(2)28-32-17(21)3)15-26-22(20)27-23(24(29)30)25-14-18-8-6-5-7-9-18/h13,15,18H,4-12,14H2,1-3H3,(H,25,26,27). The zero-order valence-corrected chi connectivity index (χ0v) is 19.3. The second-order valence-electron chi connectivity index (χ2n) is 8.68. The van der Waals surface area contributed by atoms with Crippen molar-refractivity contribution in [2.75, 3.05) is 25.1 Å². The maximum Gasteiger partial charge on any atom is 0.293 e. The van der Waals surface area contributed by atoms with Gasteiger partial charge in [0.25, 0.3) is 5.56 Å². The van der Waals surface area contributed by atoms with Crippen LogP contribution >= 0.6 is 0 Å². The largest absolute Gasteiger partial charge is 0.380 e. The molecule has 0 bridgehead atoms. The molecule has 3 heterocycles. The molecule has 0 amide bonds. The number of pyridine rings is 1. The van der Waals surface area contributed by atoms with Gasteiger partial charge in [0.1, 0.15) is 5.76 Å². The molecular weight excluding hydrogens is 406 g/mol. The molecule has 0 aliphatic heterocycles. The van der Waals surface area contributed by atoms with E-state index in [1.807, 2.05) is 19.9 Å². The first kappa shape index (κ1) is 22.5. The molecule has 0 radical (unpaired) electrons. The first-order valence-corrected chi connectivity index (χ1v) is 11.7. The van der Waals surface area contributed by atoms with Crippen molar-refractivity contribution >= 4 is 17.0 Å². The van der Waals surface area contributed by atoms with Crippen LogP contribution in [-0.4, -0.2) is 39.5 Å². The summed E-state index contributed by atoms with van der Waals surface area (Å²) in [5.74, 6) is 1.69. The number of fused-ring (bicyclic) bond motifs is 1. The molecule has 172 valence electrons. The van der Waals surface area contributed by atoms with Crippen molar-refractivity contribution in [3.63, 3.8) is 0 Å². The normalized spacial score (nSPS) is 14.8. The number of aryl methyl sites for hydroxylation is 2. The third-order valence-corrected chi connectivity index (χ3v) is 6.22. The van der Waals surface area contributed by atoms with Gasteiger partial charge in [-0.2, -0.15) is 0 Å². The minimum atomic E-state index is -0.133. The van der Waals surface area contributed by atoms with Crippen LogP contribution in [0.3, 0.4) is 0 Å². The molecule has 1 saturated carbocycles. The van der Waals surface area contributed by atoms with Crippen LogP contribution in [0.4, 0.5) is 5.82 Å². The quantitative estimate of drug-likeness (QED) is 0.491. The Kier molecular flexibility index (Phi) is 7.19. The van der Waals surface area contributed by atoms with Crippen LogP contribution in [0.1, 0.15) is 56.9 Å². The van der Waals surface area contributed by atoms with Crippen LogP contribution in [0.25, 0.3) is 22.3 Å². The first-order valence-electron chi connectivity index (χ1n) is 11.7. The van der Waals surface area contributed by atoms with Gasteiger partial charge in [-0.3, -0.25) is 9.36 Å². The lowest BCUT2D eigenvalue weighted by atomic mass is 9.89. The summed E-state index contributed by atoms with van der Waals surface area (Å²) >= 11 is 0. The highest BCUT2D eigenvalue weighted by Crippen LogP contribution is 2.28. The Morgan fingerprint density at radius 3 is 2.75 bits per heavy atom. The minimum Gasteiger partial charge on any atom is -0.380 e. The number of ether oxygens (including phenoxy) is 1. The highest BCUT2D eigenvalue weighted by molar-refractivity contribution is 5.80. The summed E-state index contributed by atoms with van der Waals surface area (Å²) in [6, 6.07) is 1.95. The Morgan fingerprint density at radius 2 is 2.03 bits per heavy atom. The van der Waals surface area contributed by atoms with Crippen LogP contribution < -0.4 is 10.9 Å². The van der Waals surface area contributed by atoms with Gasteiger partial charge in [-0.15, -0.1) is 0 Å². The molecule has 0 atom stereocenters. The van der Waals surface area contributed by atoms with E-state index in [1.165, 1.54) is 32.1 Å². The van der Waals surface area contributed by atoms with Gasteiger partial charge in [0.2, 0.25) is 0 Å². The molecule has 4 rings (SSSR count). The van der Waals surface area contributed by atoms with Gasteiger partial charge in [-0.05, 0) is 45.1 Å². The second kappa shape index (κ2) is 10.3. The number of rotatable bonds is 9. The maximum atomic E-state index is 13.4. The number of nitrogens with zero attached hydrogens (tertiary/aromatic N) is 4. The zero-order valence-electron chi connectivity index (χ0n) is 19.3. The summed E-state index contributed by atoms with van der Waals surface area (Å²) < 4.78 is 12.7. The number of hydrogen-bond donors (Lipinski definition) is 1. The Morgan fingerprint density at radius 1 is 1.22 bits per heavy atom. The lowest BCUT2D eigenvalue weighted by Gasteiger charge is -2.22. The van der Waals surface area contributed by atoms with E-state index in [-0.39, 0.29) is 5.56 Å². The van der Waals surface area contributed by atoms with Crippen molar-refractivity contribution in [1.82, 2.24) is 19.7 Å². The monoisotopic (exact) mass is 439 g/mol. The molecule has 0 spiro atoms. The molecule has 1 aliphatic carbocycles. The molecule has 1 aliphatic rings. The van der Waals surface area contributed by atoms with Crippen molar-refractivity contribution in [1.29, 1.82) is 0 Å². The molecule has 0 aromatic carbocycles. The summed E-state index contributed by atoms with van der Waals surface area (Å²) in [6.07, 6.45) is 8.97. The minimum absolute atomic E-state index is 0.133. The van der Waals surface area contributed by atoms with Gasteiger partial charge >= 0.3 is 0 Å². The molecule has 3 aromatic rings. The molecular formula is C24H33N5O3. The molecule has 3 aromatic heterocycles. The number of hydrogen-bond acceptors (Lipinski definition) is 7. The van der Waals surface area contributed by atoms with E-state index in [0.717, 1.165) is 35.5 Å². The fourth-order valence-corrected chi connectivity index (χ4v) is 4.53. The lowest BCUT2D eigenvalue weighted by Crippen LogP contribution is -2.29. The van der Waals surface area contributed by atoms with Crippen molar-refractivity contribution in [2.45, 2.75) is 65.8 Å².